The lowest BCUT2D eigenvalue weighted by Gasteiger charge is -2.12. The summed E-state index contributed by atoms with van der Waals surface area (Å²) < 4.78 is 5.43. The average molecular weight is 237 g/mol. The maximum Gasteiger partial charge on any atom is 0.220 e. The van der Waals surface area contributed by atoms with Crippen molar-refractivity contribution in [1.29, 1.82) is 0 Å². The fourth-order valence-corrected chi connectivity index (χ4v) is 1.57. The van der Waals surface area contributed by atoms with Gasteiger partial charge in [-0.3, -0.25) is 4.79 Å². The van der Waals surface area contributed by atoms with Crippen molar-refractivity contribution in [3.05, 3.63) is 0 Å². The molecule has 5 heteroatoms. The van der Waals surface area contributed by atoms with Crippen LogP contribution >= 0.6 is 12.4 Å². The van der Waals surface area contributed by atoms with Gasteiger partial charge in [-0.1, -0.05) is 0 Å². The number of hydrogen-bond acceptors (Lipinski definition) is 3. The first-order chi connectivity index (χ1) is 6.72. The van der Waals surface area contributed by atoms with Crippen LogP contribution in [0.25, 0.3) is 0 Å². The van der Waals surface area contributed by atoms with Crippen molar-refractivity contribution in [3.8, 4) is 0 Å². The largest absolute Gasteiger partial charge is 0.378 e. The first-order valence-corrected chi connectivity index (χ1v) is 5.33. The van der Waals surface area contributed by atoms with Crippen LogP contribution in [0, 0.1) is 0 Å². The minimum absolute atomic E-state index is 0. The lowest BCUT2D eigenvalue weighted by atomic mass is 10.1. The number of hydrogen-bond donors (Lipinski definition) is 2. The van der Waals surface area contributed by atoms with Crippen LogP contribution in [0.1, 0.15) is 32.6 Å². The van der Waals surface area contributed by atoms with Gasteiger partial charge in [0.2, 0.25) is 5.91 Å². The molecule has 0 spiro atoms. The molecule has 1 unspecified atom stereocenters. The highest BCUT2D eigenvalue weighted by Crippen LogP contribution is 2.16. The van der Waals surface area contributed by atoms with Gasteiger partial charge < -0.3 is 15.8 Å². The second-order valence-corrected chi connectivity index (χ2v) is 3.88. The smallest absolute Gasteiger partial charge is 0.220 e. The monoisotopic (exact) mass is 236 g/mol. The minimum Gasteiger partial charge on any atom is -0.378 e. The molecule has 1 heterocycles. The summed E-state index contributed by atoms with van der Waals surface area (Å²) in [5, 5.41) is 2.83. The minimum atomic E-state index is 0. The van der Waals surface area contributed by atoms with Gasteiger partial charge >= 0.3 is 0 Å². The number of amides is 1. The standard InChI is InChI=1S/C10H20N2O2.ClH/c1-8(7-11)12-10(13)5-4-9-3-2-6-14-9;/h8-9H,2-7,11H2,1H3,(H,12,13);1H/t8-,9?;/m0./s1. The van der Waals surface area contributed by atoms with E-state index in [4.69, 9.17) is 10.5 Å². The fourth-order valence-electron chi connectivity index (χ4n) is 1.57. The molecule has 0 aromatic rings. The zero-order valence-electron chi connectivity index (χ0n) is 9.20. The molecule has 3 N–H and O–H groups in total. The van der Waals surface area contributed by atoms with Crippen molar-refractivity contribution in [2.75, 3.05) is 13.2 Å². The van der Waals surface area contributed by atoms with Gasteiger partial charge in [-0.05, 0) is 26.2 Å². The molecule has 1 aliphatic heterocycles. The van der Waals surface area contributed by atoms with E-state index < -0.39 is 0 Å². The quantitative estimate of drug-likeness (QED) is 0.743. The van der Waals surface area contributed by atoms with Crippen LogP contribution in [-0.4, -0.2) is 31.2 Å². The lowest BCUT2D eigenvalue weighted by Crippen LogP contribution is -2.37. The number of carbonyl (C=O) groups is 1. The maximum absolute atomic E-state index is 11.3. The first-order valence-electron chi connectivity index (χ1n) is 5.33. The third-order valence-electron chi connectivity index (χ3n) is 2.48. The van der Waals surface area contributed by atoms with Crippen LogP contribution in [0.4, 0.5) is 0 Å². The Bertz CT molecular complexity index is 184. The van der Waals surface area contributed by atoms with Crippen molar-refractivity contribution in [3.63, 3.8) is 0 Å². The Kier molecular flexibility index (Phi) is 7.74. The van der Waals surface area contributed by atoms with Gasteiger partial charge in [0.25, 0.3) is 0 Å². The Hall–Kier alpha value is -0.320. The lowest BCUT2D eigenvalue weighted by molar-refractivity contribution is -0.122. The molecule has 1 aliphatic rings. The molecule has 90 valence electrons. The summed E-state index contributed by atoms with van der Waals surface area (Å²) in [6.07, 6.45) is 3.91. The van der Waals surface area contributed by atoms with E-state index >= 15 is 0 Å². The van der Waals surface area contributed by atoms with Gasteiger partial charge in [-0.15, -0.1) is 12.4 Å². The molecule has 0 aliphatic carbocycles. The molecule has 0 aromatic heterocycles. The Labute approximate surface area is 97.3 Å². The molecule has 1 rings (SSSR count). The van der Waals surface area contributed by atoms with E-state index in [1.807, 2.05) is 6.92 Å². The van der Waals surface area contributed by atoms with Gasteiger partial charge in [0, 0.05) is 25.6 Å². The van der Waals surface area contributed by atoms with E-state index in [0.29, 0.717) is 19.1 Å². The van der Waals surface area contributed by atoms with Crippen molar-refractivity contribution >= 4 is 18.3 Å². The van der Waals surface area contributed by atoms with Crippen LogP contribution in [0.2, 0.25) is 0 Å². The Morgan fingerprint density at radius 3 is 2.93 bits per heavy atom. The van der Waals surface area contributed by atoms with E-state index in [2.05, 4.69) is 5.32 Å². The first kappa shape index (κ1) is 14.7. The fraction of sp³-hybridized carbons (Fsp3) is 0.900. The number of halogens is 1. The van der Waals surface area contributed by atoms with E-state index in [1.165, 1.54) is 0 Å². The predicted octanol–water partition coefficient (Wildman–Crippen LogP) is 0.831. The van der Waals surface area contributed by atoms with Crippen LogP contribution < -0.4 is 11.1 Å². The number of carbonyl (C=O) groups excluding carboxylic acids is 1. The molecule has 2 atom stereocenters. The van der Waals surface area contributed by atoms with Crippen molar-refractivity contribution in [2.45, 2.75) is 44.8 Å². The summed E-state index contributed by atoms with van der Waals surface area (Å²) in [5.74, 6) is 0.0819. The van der Waals surface area contributed by atoms with Crippen molar-refractivity contribution < 1.29 is 9.53 Å². The summed E-state index contributed by atoms with van der Waals surface area (Å²) in [5.41, 5.74) is 5.40. The van der Waals surface area contributed by atoms with E-state index in [-0.39, 0.29) is 24.4 Å². The van der Waals surface area contributed by atoms with Crippen LogP contribution in [-0.2, 0) is 9.53 Å². The molecule has 0 radical (unpaired) electrons. The Balaban J connectivity index is 0.00000196. The molecule has 1 fully saturated rings. The summed E-state index contributed by atoms with van der Waals surface area (Å²) >= 11 is 0. The predicted molar refractivity (Wildman–Crippen MR) is 62.1 cm³/mol. The molecule has 0 aromatic carbocycles. The van der Waals surface area contributed by atoms with Crippen molar-refractivity contribution in [2.24, 2.45) is 5.73 Å². The highest BCUT2D eigenvalue weighted by Gasteiger charge is 2.16. The summed E-state index contributed by atoms with van der Waals surface area (Å²) in [7, 11) is 0. The normalized spacial score (nSPS) is 21.9. The molecule has 1 amide bonds. The van der Waals surface area contributed by atoms with Crippen LogP contribution in [0.5, 0.6) is 0 Å². The van der Waals surface area contributed by atoms with Crippen LogP contribution in [0.3, 0.4) is 0 Å². The molecule has 15 heavy (non-hydrogen) atoms. The van der Waals surface area contributed by atoms with Gasteiger partial charge in [0.1, 0.15) is 0 Å². The topological polar surface area (TPSA) is 64.3 Å². The van der Waals surface area contributed by atoms with Crippen LogP contribution in [0.15, 0.2) is 0 Å². The van der Waals surface area contributed by atoms with Crippen molar-refractivity contribution in [1.82, 2.24) is 5.32 Å². The summed E-state index contributed by atoms with van der Waals surface area (Å²) in [6.45, 7) is 3.25. The number of rotatable bonds is 5. The third-order valence-corrected chi connectivity index (χ3v) is 2.48. The van der Waals surface area contributed by atoms with Gasteiger partial charge in [0.15, 0.2) is 0 Å². The molecular weight excluding hydrogens is 216 g/mol. The van der Waals surface area contributed by atoms with Gasteiger partial charge in [0.05, 0.1) is 6.10 Å². The number of ether oxygens (including phenoxy) is 1. The van der Waals surface area contributed by atoms with Gasteiger partial charge in [-0.25, -0.2) is 0 Å². The van der Waals surface area contributed by atoms with Gasteiger partial charge in [-0.2, -0.15) is 0 Å². The Morgan fingerprint density at radius 2 is 2.40 bits per heavy atom. The molecule has 1 saturated heterocycles. The third kappa shape index (κ3) is 5.97. The van der Waals surface area contributed by atoms with E-state index in [9.17, 15) is 4.79 Å². The SMILES string of the molecule is C[C@@H](CN)NC(=O)CCC1CCCO1.Cl. The molecule has 0 bridgehead atoms. The maximum atomic E-state index is 11.3. The Morgan fingerprint density at radius 1 is 1.67 bits per heavy atom. The second kappa shape index (κ2) is 7.91. The molecular formula is C10H21ClN2O2. The summed E-state index contributed by atoms with van der Waals surface area (Å²) in [4.78, 5) is 11.3. The zero-order valence-corrected chi connectivity index (χ0v) is 10.0. The average Bonchev–Trinajstić information content (AvgIpc) is 2.67. The van der Waals surface area contributed by atoms with E-state index in [0.717, 1.165) is 25.9 Å². The molecule has 0 saturated carbocycles. The second-order valence-electron chi connectivity index (χ2n) is 3.88. The van der Waals surface area contributed by atoms with E-state index in [1.54, 1.807) is 0 Å². The zero-order chi connectivity index (χ0) is 10.4. The highest BCUT2D eigenvalue weighted by molar-refractivity contribution is 5.85. The number of nitrogens with one attached hydrogen (secondary N) is 1. The highest BCUT2D eigenvalue weighted by atomic mass is 35.5. The summed E-state index contributed by atoms with van der Waals surface area (Å²) in [6, 6.07) is 0.0759. The molecule has 4 nitrogen and oxygen atoms in total. The number of nitrogens with two attached hydrogens (primary N) is 1.